The molecule has 3 nitrogen and oxygen atoms in total. The second-order valence-electron chi connectivity index (χ2n) is 3.35. The van der Waals surface area contributed by atoms with Crippen molar-refractivity contribution < 1.29 is 13.0 Å². The number of rotatable bonds is 2. The Balaban J connectivity index is 0.00000169. The van der Waals surface area contributed by atoms with Crippen LogP contribution >= 0.6 is 0 Å². The van der Waals surface area contributed by atoms with Gasteiger partial charge in [0.05, 0.1) is 0 Å². The molecule has 14 heavy (non-hydrogen) atoms. The van der Waals surface area contributed by atoms with Crippen LogP contribution in [0.4, 0.5) is 0 Å². The van der Waals surface area contributed by atoms with E-state index in [1.165, 1.54) is 13.8 Å². The number of benzene rings is 1. The molecule has 0 aliphatic rings. The van der Waals surface area contributed by atoms with Gasteiger partial charge < -0.3 is 0 Å². The van der Waals surface area contributed by atoms with E-state index in [4.69, 9.17) is 4.55 Å². The van der Waals surface area contributed by atoms with Crippen molar-refractivity contribution in [3.8, 4) is 0 Å². The van der Waals surface area contributed by atoms with Crippen molar-refractivity contribution in [2.45, 2.75) is 18.6 Å². The first kappa shape index (κ1) is 14.4. The minimum atomic E-state index is -4.06. The molecule has 0 atom stereocenters. The molecular formula is C9H14CaO3S. The van der Waals surface area contributed by atoms with Gasteiger partial charge in [0.2, 0.25) is 0 Å². The van der Waals surface area contributed by atoms with E-state index in [1.807, 2.05) is 0 Å². The first-order chi connectivity index (χ1) is 5.86. The standard InChI is InChI=1S/C9H12O3S.Ca.2H/c1-9(2,13(10,11)12)8-6-4-3-5-7-8;;;/h3-7H,1-2H3,(H,10,11,12);;;. The molecule has 1 rings (SSSR count). The van der Waals surface area contributed by atoms with Crippen molar-refractivity contribution in [2.75, 3.05) is 0 Å². The first-order valence-corrected chi connectivity index (χ1v) is 5.32. The summed E-state index contributed by atoms with van der Waals surface area (Å²) in [4.78, 5) is 0. The van der Waals surface area contributed by atoms with Gasteiger partial charge in [-0.3, -0.25) is 4.55 Å². The summed E-state index contributed by atoms with van der Waals surface area (Å²) in [6, 6.07) is 8.62. The van der Waals surface area contributed by atoms with Crippen molar-refractivity contribution in [1.82, 2.24) is 0 Å². The molecule has 0 radical (unpaired) electrons. The van der Waals surface area contributed by atoms with Crippen LogP contribution in [-0.4, -0.2) is 50.7 Å². The summed E-state index contributed by atoms with van der Waals surface area (Å²) >= 11 is 0. The van der Waals surface area contributed by atoms with Gasteiger partial charge in [-0.2, -0.15) is 8.42 Å². The fourth-order valence-corrected chi connectivity index (χ4v) is 1.42. The topological polar surface area (TPSA) is 54.4 Å². The van der Waals surface area contributed by atoms with Crippen LogP contribution < -0.4 is 0 Å². The van der Waals surface area contributed by atoms with Gasteiger partial charge in [0.1, 0.15) is 4.75 Å². The van der Waals surface area contributed by atoms with Gasteiger partial charge in [0.15, 0.2) is 0 Å². The van der Waals surface area contributed by atoms with Crippen molar-refractivity contribution >= 4 is 47.9 Å². The summed E-state index contributed by atoms with van der Waals surface area (Å²) in [7, 11) is -4.06. The van der Waals surface area contributed by atoms with Crippen molar-refractivity contribution in [3.63, 3.8) is 0 Å². The van der Waals surface area contributed by atoms with Crippen LogP contribution in [0.5, 0.6) is 0 Å². The molecule has 0 unspecified atom stereocenters. The summed E-state index contributed by atoms with van der Waals surface area (Å²) in [6.45, 7) is 2.94. The van der Waals surface area contributed by atoms with Gasteiger partial charge in [0, 0.05) is 0 Å². The second kappa shape index (κ2) is 4.94. The third-order valence-corrected chi connectivity index (χ3v) is 3.64. The van der Waals surface area contributed by atoms with Gasteiger partial charge in [-0.1, -0.05) is 30.3 Å². The molecular weight excluding hydrogens is 228 g/mol. The average Bonchev–Trinajstić information content (AvgIpc) is 2.04. The first-order valence-electron chi connectivity index (χ1n) is 3.88. The van der Waals surface area contributed by atoms with Crippen molar-refractivity contribution in [3.05, 3.63) is 35.9 Å². The molecule has 1 aromatic rings. The summed E-state index contributed by atoms with van der Waals surface area (Å²) < 4.78 is 29.7. The molecule has 0 saturated carbocycles. The molecule has 0 aliphatic heterocycles. The minimum absolute atomic E-state index is 0. The molecule has 1 aromatic carbocycles. The normalized spacial score (nSPS) is 11.9. The molecule has 0 bridgehead atoms. The fraction of sp³-hybridized carbons (Fsp3) is 0.333. The summed E-state index contributed by atoms with van der Waals surface area (Å²) in [5.41, 5.74) is 0.581. The molecule has 0 amide bonds. The molecule has 76 valence electrons. The molecule has 0 aliphatic carbocycles. The third kappa shape index (κ3) is 2.94. The predicted molar refractivity (Wildman–Crippen MR) is 59.6 cm³/mol. The number of hydrogen-bond donors (Lipinski definition) is 1. The van der Waals surface area contributed by atoms with Crippen molar-refractivity contribution in [1.29, 1.82) is 0 Å². The average molecular weight is 242 g/mol. The zero-order chi connectivity index (χ0) is 10.1. The molecule has 0 spiro atoms. The van der Waals surface area contributed by atoms with Crippen LogP contribution in [0, 0.1) is 0 Å². The zero-order valence-corrected chi connectivity index (χ0v) is 8.38. The van der Waals surface area contributed by atoms with Crippen LogP contribution in [0.25, 0.3) is 0 Å². The van der Waals surface area contributed by atoms with Crippen molar-refractivity contribution in [2.24, 2.45) is 0 Å². The Hall–Kier alpha value is 0.390. The van der Waals surface area contributed by atoms with Gasteiger partial charge in [-0.15, -0.1) is 0 Å². The Morgan fingerprint density at radius 3 is 1.93 bits per heavy atom. The van der Waals surface area contributed by atoms with Crippen LogP contribution in [-0.2, 0) is 14.9 Å². The SMILES string of the molecule is CC(C)(c1ccccc1)S(=O)(=O)O.[CaH2]. The van der Waals surface area contributed by atoms with Gasteiger partial charge in [-0.25, -0.2) is 0 Å². The zero-order valence-electron chi connectivity index (χ0n) is 7.56. The van der Waals surface area contributed by atoms with Gasteiger partial charge >= 0.3 is 37.7 Å². The van der Waals surface area contributed by atoms with E-state index in [0.717, 1.165) is 0 Å². The van der Waals surface area contributed by atoms with E-state index >= 15 is 0 Å². The Kier molecular flexibility index (Phi) is 5.08. The summed E-state index contributed by atoms with van der Waals surface area (Å²) in [6.07, 6.45) is 0. The van der Waals surface area contributed by atoms with Gasteiger partial charge in [-0.05, 0) is 19.4 Å². The van der Waals surface area contributed by atoms with Crippen LogP contribution in [0.2, 0.25) is 0 Å². The molecule has 1 N–H and O–H groups in total. The van der Waals surface area contributed by atoms with E-state index in [9.17, 15) is 8.42 Å². The van der Waals surface area contributed by atoms with E-state index < -0.39 is 14.9 Å². The summed E-state index contributed by atoms with van der Waals surface area (Å²) in [5, 5.41) is 0. The molecule has 0 heterocycles. The summed E-state index contributed by atoms with van der Waals surface area (Å²) in [5.74, 6) is 0. The second-order valence-corrected chi connectivity index (χ2v) is 5.32. The third-order valence-electron chi connectivity index (χ3n) is 2.11. The molecule has 0 fully saturated rings. The fourth-order valence-electron chi connectivity index (χ4n) is 0.988. The van der Waals surface area contributed by atoms with E-state index in [1.54, 1.807) is 30.3 Å². The van der Waals surface area contributed by atoms with E-state index in [0.29, 0.717) is 5.56 Å². The maximum absolute atomic E-state index is 11.0. The Labute approximate surface area is 114 Å². The quantitative estimate of drug-likeness (QED) is 0.619. The Morgan fingerprint density at radius 2 is 1.57 bits per heavy atom. The molecule has 0 aromatic heterocycles. The van der Waals surface area contributed by atoms with E-state index in [-0.39, 0.29) is 37.7 Å². The monoisotopic (exact) mass is 242 g/mol. The van der Waals surface area contributed by atoms with E-state index in [2.05, 4.69) is 0 Å². The Morgan fingerprint density at radius 1 is 1.14 bits per heavy atom. The van der Waals surface area contributed by atoms with Crippen LogP contribution in [0.1, 0.15) is 19.4 Å². The maximum atomic E-state index is 11.0. The van der Waals surface area contributed by atoms with Crippen LogP contribution in [0.15, 0.2) is 30.3 Å². The van der Waals surface area contributed by atoms with Crippen LogP contribution in [0.3, 0.4) is 0 Å². The molecule has 0 saturated heterocycles. The Bertz CT molecular complexity index is 384. The predicted octanol–water partition coefficient (Wildman–Crippen LogP) is 0.893. The number of hydrogen-bond acceptors (Lipinski definition) is 2. The molecule has 5 heteroatoms. The van der Waals surface area contributed by atoms with Gasteiger partial charge in [0.25, 0.3) is 10.1 Å².